The molecule has 2 aromatic carbocycles. The van der Waals surface area contributed by atoms with E-state index in [1.165, 1.54) is 0 Å². The Morgan fingerprint density at radius 2 is 1.96 bits per heavy atom. The third-order valence-electron chi connectivity index (χ3n) is 3.77. The van der Waals surface area contributed by atoms with Crippen molar-refractivity contribution in [3.8, 4) is 17.1 Å². The Morgan fingerprint density at radius 1 is 1.15 bits per heavy atom. The van der Waals surface area contributed by atoms with Crippen molar-refractivity contribution in [1.82, 2.24) is 20.1 Å². The van der Waals surface area contributed by atoms with Crippen LogP contribution in [0.25, 0.3) is 17.1 Å². The van der Waals surface area contributed by atoms with Gasteiger partial charge in [-0.3, -0.25) is 4.79 Å². The van der Waals surface area contributed by atoms with Gasteiger partial charge in [-0.25, -0.2) is 9.67 Å². The van der Waals surface area contributed by atoms with Gasteiger partial charge in [-0.15, -0.1) is 5.10 Å². The van der Waals surface area contributed by atoms with Gasteiger partial charge in [-0.1, -0.05) is 53.9 Å². The Bertz CT molecular complexity index is 952. The molecule has 0 spiro atoms. The number of carbonyl (C=O) groups is 1. The molecule has 3 aromatic rings. The summed E-state index contributed by atoms with van der Waals surface area (Å²) in [6.07, 6.45) is 0.837. The Kier molecular flexibility index (Phi) is 5.59. The third kappa shape index (κ3) is 3.89. The molecule has 0 saturated carbocycles. The first-order chi connectivity index (χ1) is 12.5. The average molecular weight is 389 g/mol. The number of nitrogens with zero attached hydrogens (tertiary/aromatic N) is 3. The van der Waals surface area contributed by atoms with Crippen LogP contribution in [-0.2, 0) is 0 Å². The Labute approximate surface area is 162 Å². The number of aryl methyl sites for hydroxylation is 1. The summed E-state index contributed by atoms with van der Waals surface area (Å²) in [6, 6.07) is 13.0. The van der Waals surface area contributed by atoms with E-state index in [2.05, 4.69) is 15.4 Å². The van der Waals surface area contributed by atoms with E-state index < -0.39 is 0 Å². The number of nitrogens with one attached hydrogen (secondary N) is 1. The number of rotatable bonds is 5. The molecule has 0 saturated heterocycles. The predicted octanol–water partition coefficient (Wildman–Crippen LogP) is 4.69. The fourth-order valence-corrected chi connectivity index (χ4v) is 2.79. The van der Waals surface area contributed by atoms with E-state index in [4.69, 9.17) is 23.2 Å². The average Bonchev–Trinajstić information content (AvgIpc) is 3.07. The number of hydrogen-bond acceptors (Lipinski definition) is 3. The van der Waals surface area contributed by atoms with Crippen molar-refractivity contribution in [2.75, 3.05) is 6.54 Å². The van der Waals surface area contributed by atoms with E-state index in [-0.39, 0.29) is 11.7 Å². The molecule has 0 radical (unpaired) electrons. The van der Waals surface area contributed by atoms with Crippen LogP contribution in [0, 0.1) is 6.92 Å². The number of carbonyl (C=O) groups excluding carboxylic acids is 1. The van der Waals surface area contributed by atoms with Crippen molar-refractivity contribution in [2.45, 2.75) is 20.3 Å². The molecule has 0 unspecified atom stereocenters. The lowest BCUT2D eigenvalue weighted by atomic mass is 10.1. The minimum atomic E-state index is -0.306. The van der Waals surface area contributed by atoms with Gasteiger partial charge in [-0.2, -0.15) is 0 Å². The van der Waals surface area contributed by atoms with Gasteiger partial charge in [0, 0.05) is 12.1 Å². The zero-order chi connectivity index (χ0) is 18.7. The van der Waals surface area contributed by atoms with Gasteiger partial charge < -0.3 is 5.32 Å². The highest BCUT2D eigenvalue weighted by molar-refractivity contribution is 6.42. The zero-order valence-corrected chi connectivity index (χ0v) is 16.0. The van der Waals surface area contributed by atoms with Gasteiger partial charge in [0.2, 0.25) is 5.82 Å². The van der Waals surface area contributed by atoms with Crippen molar-refractivity contribution >= 4 is 29.1 Å². The van der Waals surface area contributed by atoms with Crippen molar-refractivity contribution < 1.29 is 4.79 Å². The monoisotopic (exact) mass is 388 g/mol. The second-order valence-corrected chi connectivity index (χ2v) is 6.71. The molecular formula is C19H18Cl2N4O. The number of halogens is 2. The maximum atomic E-state index is 12.3. The molecule has 7 heteroatoms. The highest BCUT2D eigenvalue weighted by atomic mass is 35.5. The highest BCUT2D eigenvalue weighted by Crippen LogP contribution is 2.27. The van der Waals surface area contributed by atoms with Crippen LogP contribution in [0.15, 0.2) is 42.5 Å². The maximum absolute atomic E-state index is 12.3. The van der Waals surface area contributed by atoms with Gasteiger partial charge in [0.25, 0.3) is 5.91 Å². The first-order valence-corrected chi connectivity index (χ1v) is 9.03. The van der Waals surface area contributed by atoms with Gasteiger partial charge in [0.05, 0.1) is 15.7 Å². The van der Waals surface area contributed by atoms with Crippen molar-refractivity contribution in [3.05, 3.63) is 63.9 Å². The summed E-state index contributed by atoms with van der Waals surface area (Å²) < 4.78 is 1.61. The smallest absolute Gasteiger partial charge is 0.290 e. The van der Waals surface area contributed by atoms with E-state index in [1.54, 1.807) is 22.9 Å². The second-order valence-electron chi connectivity index (χ2n) is 5.89. The van der Waals surface area contributed by atoms with Gasteiger partial charge in [-0.05, 0) is 37.6 Å². The summed E-state index contributed by atoms with van der Waals surface area (Å²) in [5, 5.41) is 8.06. The molecule has 1 amide bonds. The van der Waals surface area contributed by atoms with Crippen molar-refractivity contribution in [2.24, 2.45) is 0 Å². The molecule has 0 aliphatic carbocycles. The molecule has 3 rings (SSSR count). The normalized spacial score (nSPS) is 10.8. The van der Waals surface area contributed by atoms with E-state index in [1.807, 2.05) is 38.1 Å². The molecule has 5 nitrogen and oxygen atoms in total. The minimum Gasteiger partial charge on any atom is -0.349 e. The molecule has 1 aromatic heterocycles. The number of benzene rings is 2. The van der Waals surface area contributed by atoms with Gasteiger partial charge in [0.1, 0.15) is 0 Å². The molecule has 26 heavy (non-hydrogen) atoms. The lowest BCUT2D eigenvalue weighted by Crippen LogP contribution is -2.25. The molecule has 0 fully saturated rings. The van der Waals surface area contributed by atoms with Crippen LogP contribution in [0.2, 0.25) is 10.0 Å². The molecule has 0 atom stereocenters. The Morgan fingerprint density at radius 3 is 2.65 bits per heavy atom. The topological polar surface area (TPSA) is 59.8 Å². The molecule has 0 aliphatic heterocycles. The van der Waals surface area contributed by atoms with E-state index >= 15 is 0 Å². The van der Waals surface area contributed by atoms with Crippen LogP contribution in [0.1, 0.15) is 29.5 Å². The summed E-state index contributed by atoms with van der Waals surface area (Å²) in [5.41, 5.74) is 2.62. The van der Waals surface area contributed by atoms with Crippen LogP contribution in [0.3, 0.4) is 0 Å². The number of aromatic nitrogens is 3. The van der Waals surface area contributed by atoms with Crippen LogP contribution in [0.5, 0.6) is 0 Å². The minimum absolute atomic E-state index is 0.112. The summed E-state index contributed by atoms with van der Waals surface area (Å²) >= 11 is 12.2. The zero-order valence-electron chi connectivity index (χ0n) is 14.5. The SMILES string of the molecule is CCCNC(=O)c1nc(-c2cccc(C)c2)n(-c2ccc(Cl)c(Cl)c2)n1. The van der Waals surface area contributed by atoms with Crippen molar-refractivity contribution in [3.63, 3.8) is 0 Å². The highest BCUT2D eigenvalue weighted by Gasteiger charge is 2.19. The summed E-state index contributed by atoms with van der Waals surface area (Å²) in [4.78, 5) is 16.8. The van der Waals surface area contributed by atoms with E-state index in [9.17, 15) is 4.79 Å². The van der Waals surface area contributed by atoms with Crippen molar-refractivity contribution in [1.29, 1.82) is 0 Å². The first-order valence-electron chi connectivity index (χ1n) is 8.27. The van der Waals surface area contributed by atoms with Crippen LogP contribution >= 0.6 is 23.2 Å². The second kappa shape index (κ2) is 7.89. The van der Waals surface area contributed by atoms with Gasteiger partial charge in [0.15, 0.2) is 5.82 Å². The standard InChI is InChI=1S/C19H18Cl2N4O/c1-3-9-22-19(26)17-23-18(13-6-4-5-12(2)10-13)25(24-17)14-7-8-15(20)16(21)11-14/h4-8,10-11H,3,9H2,1-2H3,(H,22,26). The first kappa shape index (κ1) is 18.4. The molecule has 1 heterocycles. The Balaban J connectivity index is 2.12. The lowest BCUT2D eigenvalue weighted by Gasteiger charge is -2.07. The quantitative estimate of drug-likeness (QED) is 0.689. The summed E-state index contributed by atoms with van der Waals surface area (Å²) in [7, 11) is 0. The van der Waals surface area contributed by atoms with Crippen LogP contribution < -0.4 is 5.32 Å². The van der Waals surface area contributed by atoms with E-state index in [0.29, 0.717) is 28.1 Å². The van der Waals surface area contributed by atoms with Crippen LogP contribution in [0.4, 0.5) is 0 Å². The maximum Gasteiger partial charge on any atom is 0.290 e. The Hall–Kier alpha value is -2.37. The lowest BCUT2D eigenvalue weighted by molar-refractivity contribution is 0.0943. The van der Waals surface area contributed by atoms with Crippen LogP contribution in [-0.4, -0.2) is 27.2 Å². The third-order valence-corrected chi connectivity index (χ3v) is 4.51. The predicted molar refractivity (Wildman–Crippen MR) is 104 cm³/mol. The summed E-state index contributed by atoms with van der Waals surface area (Å²) in [5.74, 6) is 0.370. The summed E-state index contributed by atoms with van der Waals surface area (Å²) in [6.45, 7) is 4.55. The molecule has 0 bridgehead atoms. The number of amides is 1. The fraction of sp³-hybridized carbons (Fsp3) is 0.211. The number of hydrogen-bond donors (Lipinski definition) is 1. The molecular weight excluding hydrogens is 371 g/mol. The van der Waals surface area contributed by atoms with E-state index in [0.717, 1.165) is 17.5 Å². The largest absolute Gasteiger partial charge is 0.349 e. The molecule has 0 aliphatic rings. The molecule has 1 N–H and O–H groups in total. The fourth-order valence-electron chi connectivity index (χ4n) is 2.49. The molecule has 134 valence electrons. The van der Waals surface area contributed by atoms with Gasteiger partial charge >= 0.3 is 0 Å².